The Morgan fingerprint density at radius 2 is 2.13 bits per heavy atom. The van der Waals surface area contributed by atoms with Crippen molar-refractivity contribution >= 4 is 40.0 Å². The molecular formula is C15H15N5OS2. The van der Waals surface area contributed by atoms with E-state index in [4.69, 9.17) is 0 Å². The largest absolute Gasteiger partial charge is 0.338 e. The van der Waals surface area contributed by atoms with Gasteiger partial charge < -0.3 is 4.90 Å². The van der Waals surface area contributed by atoms with Gasteiger partial charge in [-0.2, -0.15) is 8.75 Å². The van der Waals surface area contributed by atoms with Gasteiger partial charge in [-0.05, 0) is 38.0 Å². The third-order valence-electron chi connectivity index (χ3n) is 4.10. The van der Waals surface area contributed by atoms with Crippen molar-refractivity contribution < 1.29 is 4.79 Å². The van der Waals surface area contributed by atoms with E-state index < -0.39 is 0 Å². The minimum Gasteiger partial charge on any atom is -0.338 e. The van der Waals surface area contributed by atoms with Crippen LogP contribution in [0.25, 0.3) is 11.0 Å². The van der Waals surface area contributed by atoms with Crippen molar-refractivity contribution in [3.8, 4) is 0 Å². The van der Waals surface area contributed by atoms with Crippen LogP contribution in [0.5, 0.6) is 0 Å². The Balaban J connectivity index is 1.55. The summed E-state index contributed by atoms with van der Waals surface area (Å²) in [5.41, 5.74) is 2.31. The molecule has 0 aliphatic carbocycles. The number of rotatable bonds is 2. The Bertz CT molecular complexity index is 858. The molecule has 1 saturated heterocycles. The minimum atomic E-state index is 0.0610. The van der Waals surface area contributed by atoms with E-state index in [1.165, 1.54) is 11.7 Å². The zero-order valence-electron chi connectivity index (χ0n) is 12.6. The van der Waals surface area contributed by atoms with Crippen LogP contribution in [0.2, 0.25) is 0 Å². The molecule has 0 unspecified atom stereocenters. The number of carbonyl (C=O) groups is 1. The van der Waals surface area contributed by atoms with Crippen LogP contribution in [0.4, 0.5) is 0 Å². The van der Waals surface area contributed by atoms with Crippen molar-refractivity contribution in [3.05, 3.63) is 33.8 Å². The maximum Gasteiger partial charge on any atom is 0.253 e. The fourth-order valence-corrected chi connectivity index (χ4v) is 4.28. The van der Waals surface area contributed by atoms with Gasteiger partial charge in [0.2, 0.25) is 0 Å². The second kappa shape index (κ2) is 5.93. The normalized spacial score (nSPS) is 18.5. The third kappa shape index (κ3) is 2.84. The molecule has 1 atom stereocenters. The molecule has 1 aromatic carbocycles. The third-order valence-corrected chi connectivity index (χ3v) is 5.66. The Morgan fingerprint density at radius 3 is 2.96 bits per heavy atom. The van der Waals surface area contributed by atoms with E-state index in [0.29, 0.717) is 18.0 Å². The van der Waals surface area contributed by atoms with Gasteiger partial charge in [-0.3, -0.25) is 4.79 Å². The number of aromatic nitrogens is 4. The highest BCUT2D eigenvalue weighted by Gasteiger charge is 2.27. The number of amides is 1. The smallest absolute Gasteiger partial charge is 0.253 e. The molecule has 1 fully saturated rings. The monoisotopic (exact) mass is 345 g/mol. The number of hydrogen-bond acceptors (Lipinski definition) is 7. The molecule has 0 spiro atoms. The van der Waals surface area contributed by atoms with E-state index in [1.807, 2.05) is 30.0 Å². The molecule has 1 amide bonds. The lowest BCUT2D eigenvalue weighted by molar-refractivity contribution is 0.0707. The second-order valence-corrected chi connectivity index (χ2v) is 7.46. The SMILES string of the molecule is Cc1nnc([C@H]2CCCN(C(=O)c3ccc4nsnc4c3)C2)s1. The summed E-state index contributed by atoms with van der Waals surface area (Å²) in [4.78, 5) is 14.7. The molecule has 3 aromatic rings. The van der Waals surface area contributed by atoms with Crippen molar-refractivity contribution in [2.45, 2.75) is 25.7 Å². The molecule has 8 heteroatoms. The van der Waals surface area contributed by atoms with Gasteiger partial charge in [0.25, 0.3) is 5.91 Å². The van der Waals surface area contributed by atoms with Crippen molar-refractivity contribution in [3.63, 3.8) is 0 Å². The first-order chi connectivity index (χ1) is 11.2. The minimum absolute atomic E-state index is 0.0610. The first-order valence-corrected chi connectivity index (χ1v) is 9.07. The highest BCUT2D eigenvalue weighted by atomic mass is 32.1. The Labute approximate surface area is 141 Å². The summed E-state index contributed by atoms with van der Waals surface area (Å²) in [6, 6.07) is 5.53. The number of aryl methyl sites for hydroxylation is 1. The molecule has 0 saturated carbocycles. The first kappa shape index (κ1) is 14.6. The molecule has 1 aliphatic rings. The Morgan fingerprint density at radius 1 is 1.26 bits per heavy atom. The topological polar surface area (TPSA) is 71.9 Å². The predicted octanol–water partition coefficient (Wildman–Crippen LogP) is 2.87. The highest BCUT2D eigenvalue weighted by molar-refractivity contribution is 7.11. The Hall–Kier alpha value is -1.93. The maximum atomic E-state index is 12.8. The second-order valence-electron chi connectivity index (χ2n) is 5.72. The van der Waals surface area contributed by atoms with Crippen LogP contribution in [0.3, 0.4) is 0 Å². The van der Waals surface area contributed by atoms with Gasteiger partial charge in [0.05, 0.1) is 11.7 Å². The molecule has 0 N–H and O–H groups in total. The summed E-state index contributed by atoms with van der Waals surface area (Å²) in [6.45, 7) is 3.46. The van der Waals surface area contributed by atoms with E-state index in [1.54, 1.807) is 11.3 Å². The lowest BCUT2D eigenvalue weighted by Crippen LogP contribution is -2.39. The first-order valence-electron chi connectivity index (χ1n) is 7.52. The highest BCUT2D eigenvalue weighted by Crippen LogP contribution is 2.29. The summed E-state index contributed by atoms with van der Waals surface area (Å²) in [6.07, 6.45) is 2.06. The van der Waals surface area contributed by atoms with E-state index in [2.05, 4.69) is 18.9 Å². The summed E-state index contributed by atoms with van der Waals surface area (Å²) >= 11 is 2.80. The molecule has 0 bridgehead atoms. The van der Waals surface area contributed by atoms with Crippen LogP contribution < -0.4 is 0 Å². The number of benzene rings is 1. The summed E-state index contributed by atoms with van der Waals surface area (Å²) in [5.74, 6) is 0.356. The molecule has 3 heterocycles. The molecule has 1 aliphatic heterocycles. The van der Waals surface area contributed by atoms with Gasteiger partial charge in [-0.25, -0.2) is 0 Å². The fraction of sp³-hybridized carbons (Fsp3) is 0.400. The standard InChI is InChI=1S/C15H15N5OS2/c1-9-16-17-14(22-9)11-3-2-6-20(8-11)15(21)10-4-5-12-13(7-10)19-23-18-12/h4-5,7,11H,2-3,6,8H2,1H3/t11-/m0/s1. The molecule has 6 nitrogen and oxygen atoms in total. The summed E-state index contributed by atoms with van der Waals surface area (Å²) in [7, 11) is 0. The van der Waals surface area contributed by atoms with Gasteiger partial charge in [0.15, 0.2) is 0 Å². The van der Waals surface area contributed by atoms with Crippen molar-refractivity contribution in [2.24, 2.45) is 0 Å². The van der Waals surface area contributed by atoms with Crippen LogP contribution in [-0.4, -0.2) is 42.8 Å². The fourth-order valence-electron chi connectivity index (χ4n) is 2.94. The Kier molecular flexibility index (Phi) is 3.78. The van der Waals surface area contributed by atoms with Crippen LogP contribution in [0.15, 0.2) is 18.2 Å². The van der Waals surface area contributed by atoms with Gasteiger partial charge in [0.1, 0.15) is 21.0 Å². The number of nitrogens with zero attached hydrogens (tertiary/aromatic N) is 5. The zero-order chi connectivity index (χ0) is 15.8. The van der Waals surface area contributed by atoms with Crippen LogP contribution in [0, 0.1) is 6.92 Å². The molecule has 4 rings (SSSR count). The van der Waals surface area contributed by atoms with Crippen LogP contribution in [0.1, 0.15) is 39.1 Å². The zero-order valence-corrected chi connectivity index (χ0v) is 14.2. The average Bonchev–Trinajstić information content (AvgIpc) is 3.22. The van der Waals surface area contributed by atoms with Gasteiger partial charge >= 0.3 is 0 Å². The molecular weight excluding hydrogens is 330 g/mol. The lowest BCUT2D eigenvalue weighted by Gasteiger charge is -2.31. The molecule has 118 valence electrons. The van der Waals surface area contributed by atoms with Gasteiger partial charge in [-0.15, -0.1) is 21.5 Å². The number of piperidine rings is 1. The van der Waals surface area contributed by atoms with Crippen molar-refractivity contribution in [1.29, 1.82) is 0 Å². The number of hydrogen-bond donors (Lipinski definition) is 0. The summed E-state index contributed by atoms with van der Waals surface area (Å²) < 4.78 is 8.39. The molecule has 0 radical (unpaired) electrons. The molecule has 2 aromatic heterocycles. The van der Waals surface area contributed by atoms with Crippen LogP contribution >= 0.6 is 23.1 Å². The molecule has 23 heavy (non-hydrogen) atoms. The van der Waals surface area contributed by atoms with E-state index >= 15 is 0 Å². The van der Waals surface area contributed by atoms with E-state index in [0.717, 1.165) is 40.4 Å². The number of likely N-dealkylation sites (tertiary alicyclic amines) is 1. The van der Waals surface area contributed by atoms with Crippen molar-refractivity contribution in [1.82, 2.24) is 23.8 Å². The maximum absolute atomic E-state index is 12.8. The number of carbonyl (C=O) groups excluding carboxylic acids is 1. The van der Waals surface area contributed by atoms with Crippen LogP contribution in [-0.2, 0) is 0 Å². The summed E-state index contributed by atoms with van der Waals surface area (Å²) in [5, 5.41) is 10.4. The van der Waals surface area contributed by atoms with Gasteiger partial charge in [-0.1, -0.05) is 0 Å². The lowest BCUT2D eigenvalue weighted by atomic mass is 9.98. The number of fused-ring (bicyclic) bond motifs is 1. The van der Waals surface area contributed by atoms with Gasteiger partial charge in [0, 0.05) is 24.6 Å². The average molecular weight is 345 g/mol. The predicted molar refractivity (Wildman–Crippen MR) is 89.9 cm³/mol. The quantitative estimate of drug-likeness (QED) is 0.714. The van der Waals surface area contributed by atoms with E-state index in [-0.39, 0.29) is 5.91 Å². The van der Waals surface area contributed by atoms with E-state index in [9.17, 15) is 4.79 Å². The van der Waals surface area contributed by atoms with Crippen molar-refractivity contribution in [2.75, 3.05) is 13.1 Å².